The number of hydrogen-bond acceptors (Lipinski definition) is 4. The Morgan fingerprint density at radius 3 is 2.28 bits per heavy atom. The van der Waals surface area contributed by atoms with Crippen LogP contribution in [0.4, 0.5) is 0 Å². The average Bonchev–Trinajstić information content (AvgIpc) is 2.66. The van der Waals surface area contributed by atoms with E-state index in [0.717, 1.165) is 10.8 Å². The van der Waals surface area contributed by atoms with Gasteiger partial charge < -0.3 is 19.3 Å². The van der Waals surface area contributed by atoms with Crippen LogP contribution in [0.15, 0.2) is 60.7 Å². The van der Waals surface area contributed by atoms with E-state index in [1.165, 1.54) is 0 Å². The number of aliphatic hydroxyl groups excluding tert-OH is 1. The van der Waals surface area contributed by atoms with Crippen molar-refractivity contribution in [3.05, 3.63) is 65.7 Å². The highest BCUT2D eigenvalue weighted by atomic mass is 35.5. The van der Waals surface area contributed by atoms with Gasteiger partial charge in [-0.25, -0.2) is 0 Å². The molecule has 0 fully saturated rings. The quantitative estimate of drug-likeness (QED) is 0.683. The van der Waals surface area contributed by atoms with E-state index in [9.17, 15) is 5.11 Å². The molecule has 1 atom stereocenters. The van der Waals surface area contributed by atoms with E-state index in [2.05, 4.69) is 0 Å². The highest BCUT2D eigenvalue weighted by Crippen LogP contribution is 2.39. The maximum Gasteiger partial charge on any atom is 0.146 e. The number of aliphatic hydroxyl groups is 1. The van der Waals surface area contributed by atoms with Crippen LogP contribution in [-0.2, 0) is 0 Å². The van der Waals surface area contributed by atoms with Crippen molar-refractivity contribution in [2.45, 2.75) is 6.10 Å². The molecule has 130 valence electrons. The van der Waals surface area contributed by atoms with Crippen LogP contribution in [0.25, 0.3) is 10.8 Å². The summed E-state index contributed by atoms with van der Waals surface area (Å²) in [6.45, 7) is 0.207. The van der Waals surface area contributed by atoms with Gasteiger partial charge in [-0.2, -0.15) is 0 Å². The zero-order chi connectivity index (χ0) is 17.6. The number of methoxy groups -OCH3 is 1. The molecule has 3 aromatic carbocycles. The summed E-state index contributed by atoms with van der Waals surface area (Å²) >= 11 is 6.33. The molecule has 0 amide bonds. The molecule has 0 spiro atoms. The first-order valence-corrected chi connectivity index (χ1v) is 8.30. The van der Waals surface area contributed by atoms with Gasteiger partial charge in [0, 0.05) is 16.8 Å². The minimum absolute atomic E-state index is 0.0723. The van der Waals surface area contributed by atoms with Gasteiger partial charge in [-0.1, -0.05) is 54.1 Å². The van der Waals surface area contributed by atoms with Gasteiger partial charge in [0.2, 0.25) is 0 Å². The van der Waals surface area contributed by atoms with Crippen molar-refractivity contribution in [3.63, 3.8) is 0 Å². The Morgan fingerprint density at radius 1 is 0.920 bits per heavy atom. The number of fused-ring (bicyclic) bond motifs is 1. The van der Waals surface area contributed by atoms with Crippen LogP contribution in [0.3, 0.4) is 0 Å². The summed E-state index contributed by atoms with van der Waals surface area (Å²) in [6.07, 6.45) is -0.780. The molecule has 5 heteroatoms. The molecule has 0 aliphatic carbocycles. The van der Waals surface area contributed by atoms with E-state index in [4.69, 9.17) is 25.8 Å². The number of benzene rings is 3. The maximum absolute atomic E-state index is 10.1. The lowest BCUT2D eigenvalue weighted by Crippen LogP contribution is -2.25. The molecule has 0 bridgehead atoms. The molecule has 0 aromatic heterocycles. The zero-order valence-electron chi connectivity index (χ0n) is 13.8. The minimum atomic E-state index is -0.780. The third-order valence-corrected chi connectivity index (χ3v) is 4.02. The summed E-state index contributed by atoms with van der Waals surface area (Å²) in [4.78, 5) is 0. The van der Waals surface area contributed by atoms with Crippen molar-refractivity contribution in [2.75, 3.05) is 20.3 Å². The molecule has 0 saturated carbocycles. The summed E-state index contributed by atoms with van der Waals surface area (Å²) in [5.74, 6) is 1.91. The van der Waals surface area contributed by atoms with Crippen LogP contribution >= 0.6 is 11.6 Å². The first-order valence-electron chi connectivity index (χ1n) is 7.93. The Labute approximate surface area is 151 Å². The second-order valence-electron chi connectivity index (χ2n) is 5.52. The number of ether oxygens (including phenoxy) is 3. The summed E-state index contributed by atoms with van der Waals surface area (Å²) in [5.41, 5.74) is 0. The van der Waals surface area contributed by atoms with E-state index in [-0.39, 0.29) is 13.2 Å². The summed E-state index contributed by atoms with van der Waals surface area (Å²) in [6, 6.07) is 18.7. The molecule has 1 unspecified atom stereocenters. The Morgan fingerprint density at radius 2 is 1.56 bits per heavy atom. The lowest BCUT2D eigenvalue weighted by molar-refractivity contribution is 0.0632. The van der Waals surface area contributed by atoms with Gasteiger partial charge in [0.05, 0.1) is 12.1 Å². The molecule has 4 nitrogen and oxygen atoms in total. The first-order chi connectivity index (χ1) is 12.2. The Balaban J connectivity index is 1.69. The fourth-order valence-corrected chi connectivity index (χ4v) is 2.79. The van der Waals surface area contributed by atoms with Gasteiger partial charge >= 0.3 is 0 Å². The van der Waals surface area contributed by atoms with Gasteiger partial charge in [-0.15, -0.1) is 0 Å². The molecule has 3 rings (SSSR count). The topological polar surface area (TPSA) is 47.9 Å². The highest BCUT2D eigenvalue weighted by molar-refractivity contribution is 6.33. The number of para-hydroxylation sites is 1. The predicted octanol–water partition coefficient (Wildman–Crippen LogP) is 4.32. The van der Waals surface area contributed by atoms with E-state index < -0.39 is 6.10 Å². The summed E-state index contributed by atoms with van der Waals surface area (Å²) in [5, 5.41) is 12.3. The monoisotopic (exact) mass is 358 g/mol. The van der Waals surface area contributed by atoms with Crippen molar-refractivity contribution in [1.29, 1.82) is 0 Å². The number of hydrogen-bond donors (Lipinski definition) is 1. The molecular weight excluding hydrogens is 340 g/mol. The Hall–Kier alpha value is -2.43. The SMILES string of the molecule is COc1cc(Cl)c(OCC(O)COc2ccccc2)c2ccccc12. The van der Waals surface area contributed by atoms with E-state index in [1.807, 2.05) is 54.6 Å². The summed E-state index contributed by atoms with van der Waals surface area (Å²) in [7, 11) is 1.60. The highest BCUT2D eigenvalue weighted by Gasteiger charge is 2.14. The molecule has 1 N–H and O–H groups in total. The Bertz CT molecular complexity index is 836. The minimum Gasteiger partial charge on any atom is -0.496 e. The predicted molar refractivity (Wildman–Crippen MR) is 98.9 cm³/mol. The molecule has 0 aliphatic rings. The normalized spacial score (nSPS) is 12.0. The van der Waals surface area contributed by atoms with Gasteiger partial charge in [-0.3, -0.25) is 0 Å². The molecule has 0 saturated heterocycles. The van der Waals surface area contributed by atoms with Crippen LogP contribution < -0.4 is 14.2 Å². The standard InChI is InChI=1S/C20H19ClO4/c1-23-19-11-18(21)20(17-10-6-5-9-16(17)19)25-13-14(22)12-24-15-7-3-2-4-8-15/h2-11,14,22H,12-13H2,1H3. The van der Waals surface area contributed by atoms with E-state index >= 15 is 0 Å². The van der Waals surface area contributed by atoms with Crippen LogP contribution in [0.1, 0.15) is 0 Å². The fraction of sp³-hybridized carbons (Fsp3) is 0.200. The van der Waals surface area contributed by atoms with Crippen molar-refractivity contribution < 1.29 is 19.3 Å². The van der Waals surface area contributed by atoms with E-state index in [0.29, 0.717) is 22.3 Å². The van der Waals surface area contributed by atoms with Gasteiger partial charge in [0.25, 0.3) is 0 Å². The molecule has 0 heterocycles. The van der Waals surface area contributed by atoms with Gasteiger partial charge in [0.1, 0.15) is 36.6 Å². The van der Waals surface area contributed by atoms with Crippen LogP contribution in [-0.4, -0.2) is 31.5 Å². The first kappa shape index (κ1) is 17.4. The lowest BCUT2D eigenvalue weighted by Gasteiger charge is -2.17. The van der Waals surface area contributed by atoms with Crippen molar-refractivity contribution in [3.8, 4) is 17.2 Å². The summed E-state index contributed by atoms with van der Waals surface area (Å²) < 4.78 is 16.7. The van der Waals surface area contributed by atoms with E-state index in [1.54, 1.807) is 13.2 Å². The molecule has 0 aliphatic heterocycles. The van der Waals surface area contributed by atoms with Gasteiger partial charge in [0.15, 0.2) is 0 Å². The maximum atomic E-state index is 10.1. The number of rotatable bonds is 7. The molecule has 3 aromatic rings. The van der Waals surface area contributed by atoms with Crippen molar-refractivity contribution >= 4 is 22.4 Å². The smallest absolute Gasteiger partial charge is 0.146 e. The fourth-order valence-electron chi connectivity index (χ4n) is 2.54. The van der Waals surface area contributed by atoms with Crippen molar-refractivity contribution in [2.24, 2.45) is 0 Å². The molecule has 25 heavy (non-hydrogen) atoms. The second kappa shape index (κ2) is 8.10. The third-order valence-electron chi connectivity index (χ3n) is 3.74. The van der Waals surface area contributed by atoms with Gasteiger partial charge in [-0.05, 0) is 12.1 Å². The van der Waals surface area contributed by atoms with Crippen LogP contribution in [0.5, 0.6) is 17.2 Å². The molecule has 0 radical (unpaired) electrons. The van der Waals surface area contributed by atoms with Crippen LogP contribution in [0.2, 0.25) is 5.02 Å². The average molecular weight is 359 g/mol. The zero-order valence-corrected chi connectivity index (χ0v) is 14.6. The Kier molecular flexibility index (Phi) is 5.64. The molecular formula is C20H19ClO4. The van der Waals surface area contributed by atoms with Crippen LogP contribution in [0, 0.1) is 0 Å². The second-order valence-corrected chi connectivity index (χ2v) is 5.93. The third kappa shape index (κ3) is 4.16. The largest absolute Gasteiger partial charge is 0.496 e. The lowest BCUT2D eigenvalue weighted by atomic mass is 10.1. The number of halogens is 1. The van der Waals surface area contributed by atoms with Crippen molar-refractivity contribution in [1.82, 2.24) is 0 Å².